The monoisotopic (exact) mass is 436 g/mol. The van der Waals surface area contributed by atoms with E-state index in [2.05, 4.69) is 5.32 Å². The molecule has 0 bridgehead atoms. The molecule has 1 amide bonds. The number of nitro benzene ring substituents is 1. The summed E-state index contributed by atoms with van der Waals surface area (Å²) in [5.74, 6) is -6.62. The Kier molecular flexibility index (Phi) is 7.72. The second kappa shape index (κ2) is 10.2. The molecule has 9 nitrogen and oxygen atoms in total. The zero-order chi connectivity index (χ0) is 23.1. The largest absolute Gasteiger partial charge is 0.480 e. The number of nitrogens with one attached hydrogen (secondary N) is 1. The molecule has 2 atom stereocenters. The third-order valence-corrected chi connectivity index (χ3v) is 4.30. The van der Waals surface area contributed by atoms with Crippen LogP contribution in [-0.4, -0.2) is 40.5 Å². The molecular weight excluding hydrogens is 418 g/mol. The molecule has 2 N–H and O–H groups in total. The summed E-state index contributed by atoms with van der Waals surface area (Å²) < 4.78 is 31.7. The second-order valence-electron chi connectivity index (χ2n) is 6.41. The number of carboxylic acids is 1. The molecule has 0 aliphatic rings. The number of hydrogen-bond acceptors (Lipinski definition) is 6. The first-order chi connectivity index (χ1) is 14.6. The lowest BCUT2D eigenvalue weighted by Gasteiger charge is -2.25. The molecule has 2 aromatic carbocycles. The van der Waals surface area contributed by atoms with Gasteiger partial charge in [-0.2, -0.15) is 0 Å². The molecule has 2 aromatic rings. The van der Waals surface area contributed by atoms with E-state index in [0.29, 0.717) is 6.07 Å². The first-order valence-corrected chi connectivity index (χ1v) is 9.02. The van der Waals surface area contributed by atoms with Crippen molar-refractivity contribution >= 4 is 23.5 Å². The van der Waals surface area contributed by atoms with Crippen molar-refractivity contribution in [1.82, 2.24) is 5.32 Å². The van der Waals surface area contributed by atoms with Gasteiger partial charge in [0.05, 0.1) is 18.0 Å². The summed E-state index contributed by atoms with van der Waals surface area (Å²) in [5, 5.41) is 22.7. The van der Waals surface area contributed by atoms with E-state index in [1.54, 1.807) is 6.92 Å². The Hall–Kier alpha value is -3.89. The molecule has 0 heterocycles. The predicted molar refractivity (Wildman–Crippen MR) is 102 cm³/mol. The Balaban J connectivity index is 2.40. The van der Waals surface area contributed by atoms with Gasteiger partial charge in [-0.05, 0) is 24.6 Å². The van der Waals surface area contributed by atoms with Crippen LogP contribution in [0.25, 0.3) is 0 Å². The van der Waals surface area contributed by atoms with E-state index in [9.17, 15) is 38.4 Å². The molecule has 2 rings (SSSR count). The fourth-order valence-corrected chi connectivity index (χ4v) is 2.91. The molecule has 31 heavy (non-hydrogen) atoms. The molecule has 0 saturated carbocycles. The van der Waals surface area contributed by atoms with Gasteiger partial charge in [0.2, 0.25) is 0 Å². The van der Waals surface area contributed by atoms with E-state index in [1.807, 2.05) is 0 Å². The number of carbonyl (C=O) groups excluding carboxylic acids is 2. The number of carbonyl (C=O) groups is 3. The van der Waals surface area contributed by atoms with Gasteiger partial charge in [-0.25, -0.2) is 13.6 Å². The van der Waals surface area contributed by atoms with Gasteiger partial charge in [-0.3, -0.25) is 19.7 Å². The van der Waals surface area contributed by atoms with Crippen molar-refractivity contribution in [3.63, 3.8) is 0 Å². The van der Waals surface area contributed by atoms with Crippen molar-refractivity contribution in [2.75, 3.05) is 6.61 Å². The summed E-state index contributed by atoms with van der Waals surface area (Å²) in [7, 11) is 0. The summed E-state index contributed by atoms with van der Waals surface area (Å²) in [6.07, 6.45) is -0.472. The average molecular weight is 436 g/mol. The molecular formula is C20H18F2N2O7. The maximum atomic E-state index is 13.4. The number of hydrogen-bond donors (Lipinski definition) is 2. The van der Waals surface area contributed by atoms with Gasteiger partial charge >= 0.3 is 11.9 Å². The minimum absolute atomic E-state index is 0.0263. The Bertz CT molecular complexity index is 975. The maximum absolute atomic E-state index is 13.4. The van der Waals surface area contributed by atoms with Crippen LogP contribution in [0, 0.1) is 21.7 Å². The van der Waals surface area contributed by atoms with E-state index < -0.39 is 58.3 Å². The number of nitro groups is 1. The quantitative estimate of drug-likeness (QED) is 0.350. The van der Waals surface area contributed by atoms with Crippen molar-refractivity contribution in [2.24, 2.45) is 0 Å². The van der Waals surface area contributed by atoms with Crippen molar-refractivity contribution in [1.29, 1.82) is 0 Å². The van der Waals surface area contributed by atoms with E-state index in [-0.39, 0.29) is 17.9 Å². The normalized spacial score (nSPS) is 12.5. The predicted octanol–water partition coefficient (Wildman–Crippen LogP) is 2.79. The smallest absolute Gasteiger partial charge is 0.326 e. The number of benzene rings is 2. The van der Waals surface area contributed by atoms with Crippen LogP contribution >= 0.6 is 0 Å². The Morgan fingerprint density at radius 1 is 1.13 bits per heavy atom. The molecule has 0 saturated heterocycles. The highest BCUT2D eigenvalue weighted by molar-refractivity contribution is 5.97. The summed E-state index contributed by atoms with van der Waals surface area (Å²) in [4.78, 5) is 46.6. The molecule has 0 fully saturated rings. The standard InChI is InChI=1S/C20H18F2N2O7/c1-2-31-17(25)10-16(11-3-5-15(6-4-11)24(29)30)18(20(27)28)23-19(26)12-7-13(21)9-14(22)8-12/h3-9,16,18H,2,10H2,1H3,(H,23,26)(H,27,28)/t16-,18+/m0/s1. The summed E-state index contributed by atoms with van der Waals surface area (Å²) in [5.41, 5.74) is -0.510. The molecule has 0 spiro atoms. The van der Waals surface area contributed by atoms with Crippen LogP contribution in [0.3, 0.4) is 0 Å². The highest BCUT2D eigenvalue weighted by Gasteiger charge is 2.34. The fourth-order valence-electron chi connectivity index (χ4n) is 2.91. The van der Waals surface area contributed by atoms with E-state index in [1.165, 1.54) is 12.1 Å². The van der Waals surface area contributed by atoms with Gasteiger partial charge in [0.1, 0.15) is 17.7 Å². The third-order valence-electron chi connectivity index (χ3n) is 4.30. The highest BCUT2D eigenvalue weighted by atomic mass is 19.1. The number of amides is 1. The maximum Gasteiger partial charge on any atom is 0.326 e. The molecule has 0 aromatic heterocycles. The van der Waals surface area contributed by atoms with E-state index in [0.717, 1.165) is 24.3 Å². The number of ether oxygens (including phenoxy) is 1. The van der Waals surface area contributed by atoms with Crippen LogP contribution in [-0.2, 0) is 14.3 Å². The average Bonchev–Trinajstić information content (AvgIpc) is 2.69. The Morgan fingerprint density at radius 3 is 2.19 bits per heavy atom. The van der Waals surface area contributed by atoms with Crippen LogP contribution in [0.4, 0.5) is 14.5 Å². The summed E-state index contributed by atoms with van der Waals surface area (Å²) in [6, 6.07) is 5.05. The number of esters is 1. The van der Waals surface area contributed by atoms with Crippen molar-refractivity contribution in [3.05, 3.63) is 75.3 Å². The molecule has 0 unspecified atom stereocenters. The van der Waals surface area contributed by atoms with Gasteiger partial charge in [0, 0.05) is 29.7 Å². The number of nitrogens with zero attached hydrogens (tertiary/aromatic N) is 1. The van der Waals surface area contributed by atoms with Crippen molar-refractivity contribution < 1.29 is 37.9 Å². The van der Waals surface area contributed by atoms with Gasteiger partial charge in [0.25, 0.3) is 11.6 Å². The Labute approximate surface area is 174 Å². The van der Waals surface area contributed by atoms with Gasteiger partial charge < -0.3 is 15.2 Å². The first-order valence-electron chi connectivity index (χ1n) is 9.02. The summed E-state index contributed by atoms with van der Waals surface area (Å²) in [6.45, 7) is 1.58. The zero-order valence-corrected chi connectivity index (χ0v) is 16.2. The lowest BCUT2D eigenvalue weighted by atomic mass is 9.88. The summed E-state index contributed by atoms with van der Waals surface area (Å²) >= 11 is 0. The van der Waals surface area contributed by atoms with Crippen molar-refractivity contribution in [3.8, 4) is 0 Å². The lowest BCUT2D eigenvalue weighted by Crippen LogP contribution is -2.45. The SMILES string of the molecule is CCOC(=O)C[C@@H](c1ccc([N+](=O)[O-])cc1)[C@@H](NC(=O)c1cc(F)cc(F)c1)C(=O)O. The van der Waals surface area contributed by atoms with Gasteiger partial charge in [0.15, 0.2) is 0 Å². The minimum Gasteiger partial charge on any atom is -0.480 e. The second-order valence-corrected chi connectivity index (χ2v) is 6.41. The van der Waals surface area contributed by atoms with Crippen LogP contribution in [0.5, 0.6) is 0 Å². The van der Waals surface area contributed by atoms with E-state index >= 15 is 0 Å². The Morgan fingerprint density at radius 2 is 1.71 bits per heavy atom. The first kappa shape index (κ1) is 23.4. The van der Waals surface area contributed by atoms with Crippen LogP contribution in [0.15, 0.2) is 42.5 Å². The molecule has 0 radical (unpaired) electrons. The molecule has 0 aliphatic carbocycles. The fraction of sp³-hybridized carbons (Fsp3) is 0.250. The van der Waals surface area contributed by atoms with E-state index in [4.69, 9.17) is 4.74 Å². The van der Waals surface area contributed by atoms with Gasteiger partial charge in [-0.15, -0.1) is 0 Å². The highest BCUT2D eigenvalue weighted by Crippen LogP contribution is 2.27. The lowest BCUT2D eigenvalue weighted by molar-refractivity contribution is -0.384. The molecule has 164 valence electrons. The van der Waals surface area contributed by atoms with Crippen LogP contribution < -0.4 is 5.32 Å². The number of halogens is 2. The molecule has 11 heteroatoms. The topological polar surface area (TPSA) is 136 Å². The minimum atomic E-state index is -1.70. The van der Waals surface area contributed by atoms with Crippen LogP contribution in [0.2, 0.25) is 0 Å². The number of aliphatic carboxylic acids is 1. The van der Waals surface area contributed by atoms with Gasteiger partial charge in [-0.1, -0.05) is 12.1 Å². The molecule has 0 aliphatic heterocycles. The zero-order valence-electron chi connectivity index (χ0n) is 16.2. The third kappa shape index (κ3) is 6.29. The van der Waals surface area contributed by atoms with Crippen molar-refractivity contribution in [2.45, 2.75) is 25.3 Å². The van der Waals surface area contributed by atoms with Crippen LogP contribution in [0.1, 0.15) is 35.2 Å². The number of carboxylic acid groups (broad SMARTS) is 1. The number of non-ortho nitro benzene ring substituents is 1. The number of rotatable bonds is 9.